The highest BCUT2D eigenvalue weighted by atomic mass is 32.1. The number of carbonyl (C=O) groups is 1. The number of rotatable bonds is 6. The molecule has 0 aliphatic carbocycles. The Labute approximate surface area is 154 Å². The number of thiocarbonyl (C=S) groups is 1. The molecule has 0 fully saturated rings. The molecule has 1 amide bonds. The van der Waals surface area contributed by atoms with Crippen molar-refractivity contribution in [3.63, 3.8) is 0 Å². The van der Waals surface area contributed by atoms with Crippen molar-refractivity contribution in [2.75, 3.05) is 26.6 Å². The van der Waals surface area contributed by atoms with Gasteiger partial charge in [0, 0.05) is 5.56 Å². The van der Waals surface area contributed by atoms with Crippen LogP contribution in [0.1, 0.15) is 22.3 Å². The zero-order chi connectivity index (χ0) is 18.4. The topological polar surface area (TPSA) is 94.6 Å². The molecule has 25 heavy (non-hydrogen) atoms. The first-order valence-electron chi connectivity index (χ1n) is 7.27. The molecule has 1 heterocycles. The molecule has 0 aliphatic heterocycles. The Morgan fingerprint density at radius 2 is 1.80 bits per heavy atom. The van der Waals surface area contributed by atoms with E-state index in [0.717, 1.165) is 11.4 Å². The van der Waals surface area contributed by atoms with Crippen molar-refractivity contribution in [3.8, 4) is 17.2 Å². The van der Waals surface area contributed by atoms with Crippen LogP contribution in [-0.2, 0) is 6.42 Å². The SMILES string of the molecule is CCc1nnc(NC(=S)NC(=O)c2cc(OC)c(OC)c(OC)c2)s1. The summed E-state index contributed by atoms with van der Waals surface area (Å²) < 4.78 is 15.7. The molecule has 0 atom stereocenters. The first kappa shape index (κ1) is 18.9. The van der Waals surface area contributed by atoms with Crippen LogP contribution >= 0.6 is 23.6 Å². The van der Waals surface area contributed by atoms with Gasteiger partial charge in [-0.15, -0.1) is 10.2 Å². The van der Waals surface area contributed by atoms with E-state index in [1.54, 1.807) is 12.1 Å². The van der Waals surface area contributed by atoms with Crippen LogP contribution in [0.25, 0.3) is 0 Å². The number of carbonyl (C=O) groups excluding carboxylic acids is 1. The highest BCUT2D eigenvalue weighted by Gasteiger charge is 2.18. The predicted octanol–water partition coefficient (Wildman–Crippen LogP) is 2.25. The van der Waals surface area contributed by atoms with E-state index in [2.05, 4.69) is 20.8 Å². The van der Waals surface area contributed by atoms with E-state index in [0.29, 0.717) is 27.9 Å². The predicted molar refractivity (Wildman–Crippen MR) is 99.1 cm³/mol. The average Bonchev–Trinajstić information content (AvgIpc) is 3.07. The highest BCUT2D eigenvalue weighted by Crippen LogP contribution is 2.38. The molecule has 1 aromatic heterocycles. The Balaban J connectivity index is 2.12. The second-order valence-corrected chi connectivity index (χ2v) is 6.15. The Morgan fingerprint density at radius 1 is 1.16 bits per heavy atom. The van der Waals surface area contributed by atoms with Gasteiger partial charge in [0.05, 0.1) is 21.3 Å². The fraction of sp³-hybridized carbons (Fsp3) is 0.333. The summed E-state index contributed by atoms with van der Waals surface area (Å²) in [6, 6.07) is 3.08. The Bertz CT molecular complexity index is 754. The summed E-state index contributed by atoms with van der Waals surface area (Å²) in [4.78, 5) is 12.4. The Morgan fingerprint density at radius 3 is 2.28 bits per heavy atom. The number of hydrogen-bond acceptors (Lipinski definition) is 8. The lowest BCUT2D eigenvalue weighted by Crippen LogP contribution is -2.34. The molecule has 134 valence electrons. The molecule has 1 aromatic carbocycles. The first-order chi connectivity index (χ1) is 12.0. The van der Waals surface area contributed by atoms with Gasteiger partial charge < -0.3 is 19.5 Å². The normalized spacial score (nSPS) is 10.1. The van der Waals surface area contributed by atoms with E-state index in [1.165, 1.54) is 32.7 Å². The summed E-state index contributed by atoms with van der Waals surface area (Å²) in [6.07, 6.45) is 0.782. The van der Waals surface area contributed by atoms with E-state index in [1.807, 2.05) is 6.92 Å². The lowest BCUT2D eigenvalue weighted by atomic mass is 10.1. The lowest BCUT2D eigenvalue weighted by molar-refractivity contribution is 0.0977. The van der Waals surface area contributed by atoms with Crippen LogP contribution in [0, 0.1) is 0 Å². The van der Waals surface area contributed by atoms with Gasteiger partial charge in [-0.2, -0.15) is 0 Å². The quantitative estimate of drug-likeness (QED) is 0.735. The molecule has 0 spiro atoms. The third-order valence-corrected chi connectivity index (χ3v) is 4.33. The Hall–Kier alpha value is -2.46. The molecule has 0 unspecified atom stereocenters. The van der Waals surface area contributed by atoms with Gasteiger partial charge in [-0.05, 0) is 30.8 Å². The van der Waals surface area contributed by atoms with Crippen LogP contribution in [0.15, 0.2) is 12.1 Å². The van der Waals surface area contributed by atoms with Crippen LogP contribution < -0.4 is 24.8 Å². The molecule has 2 rings (SSSR count). The number of ether oxygens (including phenoxy) is 3. The monoisotopic (exact) mass is 382 g/mol. The summed E-state index contributed by atoms with van der Waals surface area (Å²) >= 11 is 6.51. The fourth-order valence-electron chi connectivity index (χ4n) is 1.96. The molecule has 0 radical (unpaired) electrons. The molecule has 10 heteroatoms. The zero-order valence-electron chi connectivity index (χ0n) is 14.2. The number of benzene rings is 1. The molecular formula is C15H18N4O4S2. The Kier molecular flexibility index (Phi) is 6.48. The largest absolute Gasteiger partial charge is 0.493 e. The zero-order valence-corrected chi connectivity index (χ0v) is 15.8. The fourth-order valence-corrected chi connectivity index (χ4v) is 2.90. The van der Waals surface area contributed by atoms with E-state index >= 15 is 0 Å². The molecule has 2 N–H and O–H groups in total. The molecule has 0 aliphatic rings. The van der Waals surface area contributed by atoms with Crippen LogP contribution in [0.5, 0.6) is 17.2 Å². The number of anilines is 1. The van der Waals surface area contributed by atoms with Crippen molar-refractivity contribution in [2.24, 2.45) is 0 Å². The molecule has 2 aromatic rings. The maximum atomic E-state index is 12.4. The van der Waals surface area contributed by atoms with E-state index in [-0.39, 0.29) is 5.11 Å². The first-order valence-corrected chi connectivity index (χ1v) is 8.49. The van der Waals surface area contributed by atoms with E-state index < -0.39 is 5.91 Å². The third-order valence-electron chi connectivity index (χ3n) is 3.14. The summed E-state index contributed by atoms with van der Waals surface area (Å²) in [5.74, 6) is 0.741. The van der Waals surface area contributed by atoms with Gasteiger partial charge >= 0.3 is 0 Å². The molecule has 8 nitrogen and oxygen atoms in total. The minimum absolute atomic E-state index is 0.123. The molecular weight excluding hydrogens is 364 g/mol. The van der Waals surface area contributed by atoms with Crippen molar-refractivity contribution >= 4 is 39.7 Å². The van der Waals surface area contributed by atoms with E-state index in [4.69, 9.17) is 26.4 Å². The maximum absolute atomic E-state index is 12.4. The van der Waals surface area contributed by atoms with Gasteiger partial charge in [0.2, 0.25) is 10.9 Å². The summed E-state index contributed by atoms with van der Waals surface area (Å²) in [5.41, 5.74) is 0.310. The number of amides is 1. The molecule has 0 saturated carbocycles. The lowest BCUT2D eigenvalue weighted by Gasteiger charge is -2.14. The van der Waals surface area contributed by atoms with Gasteiger partial charge in [-0.1, -0.05) is 18.3 Å². The highest BCUT2D eigenvalue weighted by molar-refractivity contribution is 7.80. The molecule has 0 bridgehead atoms. The van der Waals surface area contributed by atoms with Crippen molar-refractivity contribution in [1.29, 1.82) is 0 Å². The minimum Gasteiger partial charge on any atom is -0.493 e. The third kappa shape index (κ3) is 4.54. The minimum atomic E-state index is -0.419. The summed E-state index contributed by atoms with van der Waals surface area (Å²) in [5, 5.41) is 14.9. The van der Waals surface area contributed by atoms with Gasteiger partial charge in [-0.3, -0.25) is 10.1 Å². The van der Waals surface area contributed by atoms with Crippen LogP contribution in [0.3, 0.4) is 0 Å². The van der Waals surface area contributed by atoms with Gasteiger partial charge in [-0.25, -0.2) is 0 Å². The molecule has 0 saturated heterocycles. The van der Waals surface area contributed by atoms with Crippen molar-refractivity contribution in [2.45, 2.75) is 13.3 Å². The number of aryl methyl sites for hydroxylation is 1. The number of nitrogens with zero attached hydrogens (tertiary/aromatic N) is 2. The summed E-state index contributed by atoms with van der Waals surface area (Å²) in [7, 11) is 4.45. The number of aromatic nitrogens is 2. The number of methoxy groups -OCH3 is 3. The standard InChI is InChI=1S/C15H18N4O4S2/c1-5-11-18-19-15(25-11)17-14(24)16-13(20)8-6-9(21-2)12(23-4)10(7-8)22-3/h6-7H,5H2,1-4H3,(H2,16,17,19,20,24). The summed E-state index contributed by atoms with van der Waals surface area (Å²) in [6.45, 7) is 1.98. The van der Waals surface area contributed by atoms with E-state index in [9.17, 15) is 4.79 Å². The van der Waals surface area contributed by atoms with Crippen LogP contribution in [0.4, 0.5) is 5.13 Å². The smallest absolute Gasteiger partial charge is 0.257 e. The van der Waals surface area contributed by atoms with Gasteiger partial charge in [0.15, 0.2) is 16.6 Å². The van der Waals surface area contributed by atoms with Crippen molar-refractivity contribution in [1.82, 2.24) is 15.5 Å². The average molecular weight is 382 g/mol. The van der Waals surface area contributed by atoms with Crippen LogP contribution in [0.2, 0.25) is 0 Å². The van der Waals surface area contributed by atoms with Crippen LogP contribution in [-0.4, -0.2) is 42.5 Å². The maximum Gasteiger partial charge on any atom is 0.257 e. The second-order valence-electron chi connectivity index (χ2n) is 4.68. The van der Waals surface area contributed by atoms with Crippen molar-refractivity contribution in [3.05, 3.63) is 22.7 Å². The number of hydrogen-bond donors (Lipinski definition) is 2. The van der Waals surface area contributed by atoms with Gasteiger partial charge in [0.25, 0.3) is 5.91 Å². The number of nitrogens with one attached hydrogen (secondary N) is 2. The van der Waals surface area contributed by atoms with Crippen molar-refractivity contribution < 1.29 is 19.0 Å². The second kappa shape index (κ2) is 8.58. The van der Waals surface area contributed by atoms with Gasteiger partial charge in [0.1, 0.15) is 5.01 Å².